The molecule has 2 nitrogen and oxygen atoms in total. The molecule has 0 spiro atoms. The second-order valence-corrected chi connectivity index (χ2v) is 5.50. The summed E-state index contributed by atoms with van der Waals surface area (Å²) < 4.78 is 27.2. The highest BCUT2D eigenvalue weighted by molar-refractivity contribution is 5.20. The molecule has 1 unspecified atom stereocenters. The molecule has 1 atom stereocenters. The van der Waals surface area contributed by atoms with Crippen LogP contribution in [0, 0.1) is 17.6 Å². The van der Waals surface area contributed by atoms with Crippen LogP contribution in [0.2, 0.25) is 0 Å². The molecule has 1 aromatic carbocycles. The van der Waals surface area contributed by atoms with Crippen molar-refractivity contribution in [3.8, 4) is 0 Å². The lowest BCUT2D eigenvalue weighted by atomic mass is 9.95. The van der Waals surface area contributed by atoms with Crippen molar-refractivity contribution >= 4 is 0 Å². The zero-order chi connectivity index (χ0) is 13.7. The van der Waals surface area contributed by atoms with Crippen molar-refractivity contribution in [3.63, 3.8) is 0 Å². The van der Waals surface area contributed by atoms with E-state index in [4.69, 9.17) is 5.84 Å². The van der Waals surface area contributed by atoms with Gasteiger partial charge in [-0.05, 0) is 37.3 Å². The fraction of sp³-hybridized carbons (Fsp3) is 0.600. The highest BCUT2D eigenvalue weighted by Crippen LogP contribution is 2.29. The molecule has 19 heavy (non-hydrogen) atoms. The van der Waals surface area contributed by atoms with Gasteiger partial charge in [-0.2, -0.15) is 0 Å². The molecule has 1 aromatic rings. The monoisotopic (exact) mass is 268 g/mol. The highest BCUT2D eigenvalue weighted by Gasteiger charge is 2.19. The van der Waals surface area contributed by atoms with E-state index in [1.54, 1.807) is 0 Å². The fourth-order valence-electron chi connectivity index (χ4n) is 2.95. The van der Waals surface area contributed by atoms with E-state index in [2.05, 4.69) is 5.43 Å². The maximum atomic E-state index is 13.6. The van der Waals surface area contributed by atoms with Gasteiger partial charge in [-0.25, -0.2) is 8.78 Å². The van der Waals surface area contributed by atoms with Crippen molar-refractivity contribution in [2.75, 3.05) is 0 Å². The fourth-order valence-corrected chi connectivity index (χ4v) is 2.95. The minimum atomic E-state index is -0.485. The summed E-state index contributed by atoms with van der Waals surface area (Å²) in [6.07, 6.45) is 7.46. The second kappa shape index (κ2) is 6.96. The summed E-state index contributed by atoms with van der Waals surface area (Å²) >= 11 is 0. The Morgan fingerprint density at radius 1 is 1.21 bits per heavy atom. The minimum absolute atomic E-state index is 0.0630. The summed E-state index contributed by atoms with van der Waals surface area (Å²) in [5.41, 5.74) is 2.83. The molecule has 2 rings (SSSR count). The third-order valence-corrected chi connectivity index (χ3v) is 4.15. The van der Waals surface area contributed by atoms with Crippen LogP contribution in [0.25, 0.3) is 0 Å². The summed E-state index contributed by atoms with van der Waals surface area (Å²) in [5.74, 6) is 5.31. The van der Waals surface area contributed by atoms with Gasteiger partial charge in [0.15, 0.2) is 0 Å². The number of benzene rings is 1. The quantitative estimate of drug-likeness (QED) is 0.613. The topological polar surface area (TPSA) is 38.0 Å². The minimum Gasteiger partial charge on any atom is -0.271 e. The summed E-state index contributed by atoms with van der Waals surface area (Å²) in [7, 11) is 0. The molecule has 1 aliphatic rings. The molecule has 0 aliphatic heterocycles. The molecule has 1 fully saturated rings. The first-order chi connectivity index (χ1) is 9.20. The maximum absolute atomic E-state index is 13.6. The van der Waals surface area contributed by atoms with Gasteiger partial charge in [0.25, 0.3) is 0 Å². The van der Waals surface area contributed by atoms with Crippen molar-refractivity contribution in [2.24, 2.45) is 11.8 Å². The van der Waals surface area contributed by atoms with E-state index in [1.807, 2.05) is 0 Å². The standard InChI is InChI=1S/C15H22F2N2/c16-14-6-3-7-15(17)13(14)10-12(19-18)9-8-11-4-1-2-5-11/h3,6-7,11-12,19H,1-2,4-5,8-10,18H2. The maximum Gasteiger partial charge on any atom is 0.129 e. The predicted molar refractivity (Wildman–Crippen MR) is 72.4 cm³/mol. The van der Waals surface area contributed by atoms with E-state index in [0.29, 0.717) is 6.42 Å². The molecule has 4 heteroatoms. The third kappa shape index (κ3) is 3.98. The van der Waals surface area contributed by atoms with Crippen molar-refractivity contribution in [2.45, 2.75) is 51.0 Å². The number of hydrogen-bond donors (Lipinski definition) is 2. The summed E-state index contributed by atoms with van der Waals surface area (Å²) in [6, 6.07) is 3.91. The molecule has 0 radical (unpaired) electrons. The van der Waals surface area contributed by atoms with Crippen LogP contribution in [0.15, 0.2) is 18.2 Å². The van der Waals surface area contributed by atoms with Gasteiger partial charge in [-0.1, -0.05) is 31.7 Å². The first kappa shape index (κ1) is 14.4. The Bertz CT molecular complexity index is 383. The van der Waals surface area contributed by atoms with E-state index < -0.39 is 11.6 Å². The van der Waals surface area contributed by atoms with Crippen LogP contribution in [0.5, 0.6) is 0 Å². The normalized spacial score (nSPS) is 17.8. The molecular weight excluding hydrogens is 246 g/mol. The number of rotatable bonds is 6. The van der Waals surface area contributed by atoms with Gasteiger partial charge in [0.05, 0.1) is 0 Å². The number of nitrogens with two attached hydrogens (primary N) is 1. The predicted octanol–water partition coefficient (Wildman–Crippen LogP) is 3.31. The molecule has 0 aromatic heterocycles. The Labute approximate surface area is 113 Å². The summed E-state index contributed by atoms with van der Waals surface area (Å²) in [5, 5.41) is 0. The molecule has 0 bridgehead atoms. The average Bonchev–Trinajstić information content (AvgIpc) is 2.91. The molecule has 106 valence electrons. The van der Waals surface area contributed by atoms with Gasteiger partial charge >= 0.3 is 0 Å². The lowest BCUT2D eigenvalue weighted by molar-refractivity contribution is 0.399. The first-order valence-electron chi connectivity index (χ1n) is 7.09. The lowest BCUT2D eigenvalue weighted by Crippen LogP contribution is -2.37. The average molecular weight is 268 g/mol. The van der Waals surface area contributed by atoms with Crippen LogP contribution in [0.4, 0.5) is 8.78 Å². The number of hydrazine groups is 1. The van der Waals surface area contributed by atoms with Gasteiger partial charge in [0, 0.05) is 11.6 Å². The molecule has 1 saturated carbocycles. The lowest BCUT2D eigenvalue weighted by Gasteiger charge is -2.18. The van der Waals surface area contributed by atoms with E-state index in [9.17, 15) is 8.78 Å². The number of nitrogens with one attached hydrogen (secondary N) is 1. The van der Waals surface area contributed by atoms with Crippen molar-refractivity contribution in [3.05, 3.63) is 35.4 Å². The van der Waals surface area contributed by atoms with Crippen LogP contribution >= 0.6 is 0 Å². The van der Waals surface area contributed by atoms with E-state index >= 15 is 0 Å². The van der Waals surface area contributed by atoms with E-state index in [-0.39, 0.29) is 11.6 Å². The number of halogens is 2. The molecule has 3 N–H and O–H groups in total. The number of hydrogen-bond acceptors (Lipinski definition) is 2. The smallest absolute Gasteiger partial charge is 0.129 e. The summed E-state index contributed by atoms with van der Waals surface area (Å²) in [6.45, 7) is 0. The van der Waals surface area contributed by atoms with Crippen LogP contribution in [-0.4, -0.2) is 6.04 Å². The molecular formula is C15H22F2N2. The Hall–Kier alpha value is -1.00. The van der Waals surface area contributed by atoms with Crippen LogP contribution in [0.1, 0.15) is 44.1 Å². The zero-order valence-corrected chi connectivity index (χ0v) is 11.2. The van der Waals surface area contributed by atoms with E-state index in [1.165, 1.54) is 43.9 Å². The third-order valence-electron chi connectivity index (χ3n) is 4.15. The summed E-state index contributed by atoms with van der Waals surface area (Å²) in [4.78, 5) is 0. The van der Waals surface area contributed by atoms with Crippen LogP contribution in [-0.2, 0) is 6.42 Å². The molecule has 0 amide bonds. The Morgan fingerprint density at radius 3 is 2.42 bits per heavy atom. The Balaban J connectivity index is 1.90. The van der Waals surface area contributed by atoms with Gasteiger partial charge in [0.2, 0.25) is 0 Å². The van der Waals surface area contributed by atoms with Crippen LogP contribution < -0.4 is 11.3 Å². The van der Waals surface area contributed by atoms with Gasteiger partial charge < -0.3 is 0 Å². The SMILES string of the molecule is NNC(CCC1CCCC1)Cc1c(F)cccc1F. The second-order valence-electron chi connectivity index (χ2n) is 5.50. The molecule has 0 heterocycles. The largest absolute Gasteiger partial charge is 0.271 e. The van der Waals surface area contributed by atoms with E-state index in [0.717, 1.165) is 18.8 Å². The zero-order valence-electron chi connectivity index (χ0n) is 11.2. The molecule has 0 saturated heterocycles. The van der Waals surface area contributed by atoms with Crippen molar-refractivity contribution in [1.82, 2.24) is 5.43 Å². The van der Waals surface area contributed by atoms with Gasteiger partial charge in [-0.3, -0.25) is 11.3 Å². The Morgan fingerprint density at radius 2 is 1.84 bits per heavy atom. The van der Waals surface area contributed by atoms with Gasteiger partial charge in [0.1, 0.15) is 11.6 Å². The first-order valence-corrected chi connectivity index (χ1v) is 7.09. The Kier molecular flexibility index (Phi) is 5.28. The van der Waals surface area contributed by atoms with Gasteiger partial charge in [-0.15, -0.1) is 0 Å². The molecule has 1 aliphatic carbocycles. The highest BCUT2D eigenvalue weighted by atomic mass is 19.1. The van der Waals surface area contributed by atoms with Crippen LogP contribution in [0.3, 0.4) is 0 Å². The van der Waals surface area contributed by atoms with Crippen molar-refractivity contribution in [1.29, 1.82) is 0 Å². The van der Waals surface area contributed by atoms with Crippen molar-refractivity contribution < 1.29 is 8.78 Å².